The van der Waals surface area contributed by atoms with Crippen LogP contribution in [0.3, 0.4) is 0 Å². The lowest BCUT2D eigenvalue weighted by molar-refractivity contribution is 0.673. The van der Waals surface area contributed by atoms with Gasteiger partial charge >= 0.3 is 0 Å². The average Bonchev–Trinajstić information content (AvgIpc) is 3.50. The molecule has 0 aliphatic heterocycles. The summed E-state index contributed by atoms with van der Waals surface area (Å²) in [6, 6.07) is 57.4. The molecule has 0 saturated heterocycles. The molecule has 0 amide bonds. The van der Waals surface area contributed by atoms with E-state index in [1.165, 1.54) is 81.5 Å². The Bertz CT molecular complexity index is 2760. The smallest absolute Gasteiger partial charge is 0.143 e. The van der Waals surface area contributed by atoms with Crippen LogP contribution in [0.5, 0.6) is 0 Å². The van der Waals surface area contributed by atoms with Gasteiger partial charge in [-0.2, -0.15) is 0 Å². The third-order valence-electron chi connectivity index (χ3n) is 9.64. The summed E-state index contributed by atoms with van der Waals surface area (Å²) >= 11 is 0. The molecule has 45 heavy (non-hydrogen) atoms. The molecule has 1 heteroatoms. The van der Waals surface area contributed by atoms with E-state index in [0.717, 1.165) is 16.6 Å². The molecule has 0 unspecified atom stereocenters. The van der Waals surface area contributed by atoms with Gasteiger partial charge < -0.3 is 4.42 Å². The first-order valence-electron chi connectivity index (χ1n) is 15.5. The van der Waals surface area contributed by atoms with Crippen molar-refractivity contribution in [2.45, 2.75) is 0 Å². The van der Waals surface area contributed by atoms with Crippen molar-refractivity contribution in [2.24, 2.45) is 0 Å². The minimum absolute atomic E-state index is 0.932. The molecular formula is C44H26O. The van der Waals surface area contributed by atoms with Gasteiger partial charge in [0.15, 0.2) is 0 Å². The van der Waals surface area contributed by atoms with Gasteiger partial charge in [-0.15, -0.1) is 0 Å². The molecule has 0 spiro atoms. The highest BCUT2D eigenvalue weighted by Gasteiger charge is 2.14. The zero-order chi connectivity index (χ0) is 29.5. The molecule has 208 valence electrons. The standard InChI is InChI=1S/C44H26O/c1-2-9-36-34(7-1)35-8-3-4-10-37(35)41-26-31(21-23-38(36)41)28-15-13-27(14-16-28)30-20-22-33-32(25-30)18-17-29-19-24-40-39-11-5-6-12-42(39)45-44(40)43(29)33/h1-26H. The van der Waals surface area contributed by atoms with Crippen molar-refractivity contribution < 1.29 is 4.42 Å². The molecule has 0 atom stereocenters. The van der Waals surface area contributed by atoms with Crippen LogP contribution < -0.4 is 0 Å². The maximum absolute atomic E-state index is 6.42. The van der Waals surface area contributed by atoms with Gasteiger partial charge in [0.2, 0.25) is 0 Å². The number of hydrogen-bond donors (Lipinski definition) is 0. The van der Waals surface area contributed by atoms with Crippen LogP contribution in [0.4, 0.5) is 0 Å². The van der Waals surface area contributed by atoms with Crippen molar-refractivity contribution in [3.05, 3.63) is 158 Å². The molecule has 1 nitrogen and oxygen atoms in total. The fraction of sp³-hybridized carbons (Fsp3) is 0. The Morgan fingerprint density at radius 2 is 0.756 bits per heavy atom. The number of rotatable bonds is 2. The van der Waals surface area contributed by atoms with Gasteiger partial charge in [-0.1, -0.05) is 133 Å². The Labute approximate surface area is 259 Å². The second kappa shape index (κ2) is 9.29. The highest BCUT2D eigenvalue weighted by atomic mass is 16.3. The number of hydrogen-bond acceptors (Lipinski definition) is 1. The Morgan fingerprint density at radius 1 is 0.289 bits per heavy atom. The lowest BCUT2D eigenvalue weighted by atomic mass is 9.91. The minimum atomic E-state index is 0.932. The molecule has 0 aliphatic rings. The Morgan fingerprint density at radius 3 is 1.44 bits per heavy atom. The molecule has 0 N–H and O–H groups in total. The van der Waals surface area contributed by atoms with Crippen LogP contribution in [0, 0.1) is 0 Å². The molecule has 0 aliphatic carbocycles. The quantitative estimate of drug-likeness (QED) is 0.188. The maximum Gasteiger partial charge on any atom is 0.143 e. The van der Waals surface area contributed by atoms with Crippen LogP contribution in [0.25, 0.3) is 98.1 Å². The van der Waals surface area contributed by atoms with Crippen LogP contribution in [0.2, 0.25) is 0 Å². The molecule has 10 aromatic rings. The topological polar surface area (TPSA) is 13.1 Å². The van der Waals surface area contributed by atoms with Crippen molar-refractivity contribution in [3.8, 4) is 22.3 Å². The van der Waals surface area contributed by atoms with E-state index in [2.05, 4.69) is 152 Å². The molecule has 1 heterocycles. The fourth-order valence-electron chi connectivity index (χ4n) is 7.45. The Balaban J connectivity index is 1.07. The molecule has 0 bridgehead atoms. The van der Waals surface area contributed by atoms with Gasteiger partial charge in [0.05, 0.1) is 0 Å². The predicted molar refractivity (Wildman–Crippen MR) is 192 cm³/mol. The summed E-state index contributed by atoms with van der Waals surface area (Å²) < 4.78 is 6.42. The summed E-state index contributed by atoms with van der Waals surface area (Å²) in [6.07, 6.45) is 0. The fourth-order valence-corrected chi connectivity index (χ4v) is 7.45. The number of benzene rings is 9. The van der Waals surface area contributed by atoms with Crippen molar-refractivity contribution >= 4 is 75.8 Å². The van der Waals surface area contributed by atoms with Gasteiger partial charge in [0, 0.05) is 16.2 Å². The summed E-state index contributed by atoms with van der Waals surface area (Å²) in [5.41, 5.74) is 6.77. The van der Waals surface area contributed by atoms with Crippen molar-refractivity contribution in [1.82, 2.24) is 0 Å². The molecule has 0 fully saturated rings. The summed E-state index contributed by atoms with van der Waals surface area (Å²) in [5.74, 6) is 0. The van der Waals surface area contributed by atoms with Crippen LogP contribution in [0.15, 0.2) is 162 Å². The lowest BCUT2D eigenvalue weighted by Crippen LogP contribution is -1.85. The number of fused-ring (bicyclic) bond motifs is 13. The maximum atomic E-state index is 6.42. The first-order chi connectivity index (χ1) is 22.3. The number of furan rings is 1. The molecule has 0 radical (unpaired) electrons. The molecular weight excluding hydrogens is 544 g/mol. The second-order valence-electron chi connectivity index (χ2n) is 12.1. The highest BCUT2D eigenvalue weighted by molar-refractivity contribution is 6.26. The lowest BCUT2D eigenvalue weighted by Gasteiger charge is -2.12. The van der Waals surface area contributed by atoms with Gasteiger partial charge in [0.25, 0.3) is 0 Å². The summed E-state index contributed by atoms with van der Waals surface area (Å²) in [6.45, 7) is 0. The largest absolute Gasteiger partial charge is 0.455 e. The summed E-state index contributed by atoms with van der Waals surface area (Å²) in [7, 11) is 0. The normalized spacial score (nSPS) is 12.0. The van der Waals surface area contributed by atoms with Gasteiger partial charge in [-0.3, -0.25) is 0 Å². The minimum Gasteiger partial charge on any atom is -0.455 e. The van der Waals surface area contributed by atoms with E-state index in [-0.39, 0.29) is 0 Å². The van der Waals surface area contributed by atoms with Gasteiger partial charge in [-0.25, -0.2) is 0 Å². The second-order valence-corrected chi connectivity index (χ2v) is 12.1. The first kappa shape index (κ1) is 24.5. The summed E-state index contributed by atoms with van der Waals surface area (Å²) in [5, 5.41) is 14.9. The Hall–Kier alpha value is -5.92. The van der Waals surface area contributed by atoms with Crippen LogP contribution in [-0.2, 0) is 0 Å². The van der Waals surface area contributed by atoms with Crippen LogP contribution in [-0.4, -0.2) is 0 Å². The van der Waals surface area contributed by atoms with E-state index in [1.54, 1.807) is 0 Å². The van der Waals surface area contributed by atoms with E-state index >= 15 is 0 Å². The van der Waals surface area contributed by atoms with E-state index in [9.17, 15) is 0 Å². The predicted octanol–water partition coefficient (Wildman–Crippen LogP) is 12.7. The van der Waals surface area contributed by atoms with Crippen LogP contribution in [0.1, 0.15) is 0 Å². The average molecular weight is 571 g/mol. The van der Waals surface area contributed by atoms with Crippen LogP contribution >= 0.6 is 0 Å². The molecule has 1 aromatic heterocycles. The zero-order valence-corrected chi connectivity index (χ0v) is 24.4. The molecule has 10 rings (SSSR count). The molecule has 9 aromatic carbocycles. The monoisotopic (exact) mass is 570 g/mol. The van der Waals surface area contributed by atoms with Crippen molar-refractivity contribution in [3.63, 3.8) is 0 Å². The third-order valence-corrected chi connectivity index (χ3v) is 9.64. The first-order valence-corrected chi connectivity index (χ1v) is 15.5. The third kappa shape index (κ3) is 3.62. The Kier molecular flexibility index (Phi) is 5.06. The summed E-state index contributed by atoms with van der Waals surface area (Å²) in [4.78, 5) is 0. The van der Waals surface area contributed by atoms with Gasteiger partial charge in [-0.05, 0) is 95.0 Å². The van der Waals surface area contributed by atoms with Crippen molar-refractivity contribution in [1.29, 1.82) is 0 Å². The van der Waals surface area contributed by atoms with Crippen molar-refractivity contribution in [2.75, 3.05) is 0 Å². The highest BCUT2D eigenvalue weighted by Crippen LogP contribution is 2.40. The van der Waals surface area contributed by atoms with E-state index in [1.807, 2.05) is 6.07 Å². The zero-order valence-electron chi connectivity index (χ0n) is 24.4. The molecule has 0 saturated carbocycles. The SMILES string of the molecule is c1ccc2c(c1)oc1c2ccc2ccc3cc(-c4ccc(-c5ccc6c7ccccc7c7ccccc7c6c5)cc4)ccc3c21. The van der Waals surface area contributed by atoms with E-state index < -0.39 is 0 Å². The van der Waals surface area contributed by atoms with Gasteiger partial charge in [0.1, 0.15) is 11.2 Å². The number of para-hydroxylation sites is 1. The van der Waals surface area contributed by atoms with E-state index in [4.69, 9.17) is 4.42 Å². The van der Waals surface area contributed by atoms with E-state index in [0.29, 0.717) is 0 Å².